The zero-order valence-corrected chi connectivity index (χ0v) is 10.3. The molecule has 1 rings (SSSR count). The third-order valence-electron chi connectivity index (χ3n) is 1.90. The minimum atomic E-state index is -0.660. The molecular formula is C12H13N3O4. The maximum atomic E-state index is 11.2. The fourth-order valence-electron chi connectivity index (χ4n) is 1.17. The molecule has 0 bridgehead atoms. The van der Waals surface area contributed by atoms with Crippen molar-refractivity contribution in [3.05, 3.63) is 30.3 Å². The molecule has 0 aliphatic heterocycles. The Kier molecular flexibility index (Phi) is 5.85. The van der Waals surface area contributed by atoms with E-state index in [4.69, 9.17) is 10.00 Å². The van der Waals surface area contributed by atoms with Crippen molar-refractivity contribution in [1.29, 1.82) is 5.26 Å². The number of carbonyl (C=O) groups excluding carboxylic acids is 1. The fourth-order valence-corrected chi connectivity index (χ4v) is 1.17. The van der Waals surface area contributed by atoms with E-state index in [1.807, 2.05) is 0 Å². The van der Waals surface area contributed by atoms with Crippen LogP contribution in [0, 0.1) is 11.5 Å². The zero-order chi connectivity index (χ0) is 14.1. The molecule has 1 N–H and O–H groups in total. The molecular weight excluding hydrogens is 250 g/mol. The molecule has 100 valence electrons. The quantitative estimate of drug-likeness (QED) is 0.288. The third kappa shape index (κ3) is 5.06. The van der Waals surface area contributed by atoms with E-state index in [0.717, 1.165) is 0 Å². The van der Waals surface area contributed by atoms with Crippen LogP contribution in [-0.4, -0.2) is 35.4 Å². The number of nitriles is 1. The van der Waals surface area contributed by atoms with Crippen molar-refractivity contribution >= 4 is 12.0 Å². The Balaban J connectivity index is 2.71. The lowest BCUT2D eigenvalue weighted by Crippen LogP contribution is -2.36. The molecule has 0 aromatic heterocycles. The number of carbonyl (C=O) groups is 1. The number of hydrogen-bond acceptors (Lipinski definition) is 6. The number of esters is 1. The third-order valence-corrected chi connectivity index (χ3v) is 1.90. The van der Waals surface area contributed by atoms with Crippen LogP contribution in [0.1, 0.15) is 6.92 Å². The number of hydroxylamine groups is 2. The zero-order valence-electron chi connectivity index (χ0n) is 10.3. The molecule has 7 nitrogen and oxygen atoms in total. The first-order valence-corrected chi connectivity index (χ1v) is 5.49. The Labute approximate surface area is 110 Å². The lowest BCUT2D eigenvalue weighted by Gasteiger charge is -2.16. The second-order valence-corrected chi connectivity index (χ2v) is 3.27. The van der Waals surface area contributed by atoms with Crippen molar-refractivity contribution in [3.63, 3.8) is 0 Å². The summed E-state index contributed by atoms with van der Waals surface area (Å²) >= 11 is 0. The van der Waals surface area contributed by atoms with Crippen molar-refractivity contribution < 1.29 is 19.5 Å². The number of hydrogen-bond donors (Lipinski definition) is 1. The van der Waals surface area contributed by atoms with E-state index in [1.54, 1.807) is 37.3 Å². The second kappa shape index (κ2) is 7.68. The van der Waals surface area contributed by atoms with Crippen LogP contribution in [0.4, 0.5) is 0 Å². The maximum absolute atomic E-state index is 11.2. The number of benzene rings is 1. The van der Waals surface area contributed by atoms with Crippen LogP contribution in [0.3, 0.4) is 0 Å². The highest BCUT2D eigenvalue weighted by Gasteiger charge is 2.16. The average molecular weight is 263 g/mol. The average Bonchev–Trinajstić information content (AvgIpc) is 2.39. The van der Waals surface area contributed by atoms with Gasteiger partial charge in [0.2, 0.25) is 6.19 Å². The highest BCUT2D eigenvalue weighted by Crippen LogP contribution is 2.09. The molecule has 0 radical (unpaired) electrons. The first kappa shape index (κ1) is 14.5. The Morgan fingerprint density at radius 1 is 1.47 bits per heavy atom. The number of para-hydroxylation sites is 1. The highest BCUT2D eigenvalue weighted by molar-refractivity contribution is 5.81. The van der Waals surface area contributed by atoms with Crippen LogP contribution in [-0.2, 0) is 9.53 Å². The van der Waals surface area contributed by atoms with Crippen molar-refractivity contribution in [2.75, 3.05) is 13.2 Å². The number of nitrogens with zero attached hydrogens (tertiary/aromatic N) is 3. The molecule has 0 aliphatic rings. The molecule has 7 heteroatoms. The van der Waals surface area contributed by atoms with Crippen LogP contribution in [0.15, 0.2) is 35.3 Å². The Morgan fingerprint density at radius 3 is 2.74 bits per heavy atom. The van der Waals surface area contributed by atoms with Gasteiger partial charge in [0.1, 0.15) is 12.3 Å². The van der Waals surface area contributed by atoms with Crippen molar-refractivity contribution in [1.82, 2.24) is 5.06 Å². The van der Waals surface area contributed by atoms with Crippen molar-refractivity contribution in [2.45, 2.75) is 6.92 Å². The van der Waals surface area contributed by atoms with Gasteiger partial charge in [-0.05, 0) is 19.1 Å². The van der Waals surface area contributed by atoms with Gasteiger partial charge in [-0.25, -0.2) is 0 Å². The molecule has 0 unspecified atom stereocenters. The normalized spacial score (nSPS) is 10.5. The summed E-state index contributed by atoms with van der Waals surface area (Å²) in [7, 11) is 0. The summed E-state index contributed by atoms with van der Waals surface area (Å²) < 4.78 is 9.85. The predicted molar refractivity (Wildman–Crippen MR) is 65.2 cm³/mol. The van der Waals surface area contributed by atoms with Gasteiger partial charge in [0.25, 0.3) is 0 Å². The van der Waals surface area contributed by atoms with Crippen LogP contribution >= 0.6 is 0 Å². The van der Waals surface area contributed by atoms with Crippen molar-refractivity contribution in [2.24, 2.45) is 4.99 Å². The van der Waals surface area contributed by atoms with Gasteiger partial charge in [-0.3, -0.25) is 10.0 Å². The van der Waals surface area contributed by atoms with Crippen LogP contribution in [0.2, 0.25) is 0 Å². The van der Waals surface area contributed by atoms with Gasteiger partial charge < -0.3 is 9.47 Å². The maximum Gasteiger partial charge on any atom is 0.333 e. The largest absolute Gasteiger partial charge is 0.465 e. The summed E-state index contributed by atoms with van der Waals surface area (Å²) in [6.07, 6.45) is 1.48. The molecule has 0 fully saturated rings. The Bertz CT molecular complexity index is 481. The van der Waals surface area contributed by atoms with Gasteiger partial charge in [0, 0.05) is 0 Å². The Hall–Kier alpha value is -2.59. The minimum Gasteiger partial charge on any atom is -0.465 e. The molecule has 0 saturated carbocycles. The van der Waals surface area contributed by atoms with Crippen LogP contribution in [0.25, 0.3) is 0 Å². The topological polar surface area (TPSA) is 95.1 Å². The number of aliphatic imine (C=N–C) groups is 1. The fraction of sp³-hybridized carbons (Fsp3) is 0.250. The van der Waals surface area contributed by atoms with E-state index in [-0.39, 0.29) is 6.61 Å². The summed E-state index contributed by atoms with van der Waals surface area (Å²) in [6, 6.07) is 8.04. The van der Waals surface area contributed by atoms with E-state index in [9.17, 15) is 10.0 Å². The molecule has 19 heavy (non-hydrogen) atoms. The van der Waals surface area contributed by atoms with Gasteiger partial charge in [0.05, 0.1) is 6.61 Å². The summed E-state index contributed by atoms with van der Waals surface area (Å²) in [5.74, 6) is -0.285. The molecule has 0 aliphatic carbocycles. The summed E-state index contributed by atoms with van der Waals surface area (Å²) in [5, 5.41) is 18.6. The van der Waals surface area contributed by atoms with E-state index < -0.39 is 18.5 Å². The lowest BCUT2D eigenvalue weighted by molar-refractivity contribution is -0.151. The highest BCUT2D eigenvalue weighted by atomic mass is 16.6. The van der Waals surface area contributed by atoms with Crippen LogP contribution < -0.4 is 4.74 Å². The van der Waals surface area contributed by atoms with Gasteiger partial charge in [-0.15, -0.1) is 4.99 Å². The van der Waals surface area contributed by atoms with Crippen LogP contribution in [0.5, 0.6) is 5.75 Å². The van der Waals surface area contributed by atoms with Gasteiger partial charge in [-0.1, -0.05) is 18.2 Å². The molecule has 0 heterocycles. The summed E-state index contributed by atoms with van der Waals surface area (Å²) in [6.45, 7) is 1.35. The first-order chi connectivity index (χ1) is 9.17. The van der Waals surface area contributed by atoms with E-state index >= 15 is 0 Å². The summed E-state index contributed by atoms with van der Waals surface area (Å²) in [5.41, 5.74) is 0. The minimum absolute atomic E-state index is 0.191. The van der Waals surface area contributed by atoms with Gasteiger partial charge in [0.15, 0.2) is 0 Å². The monoisotopic (exact) mass is 263 g/mol. The van der Waals surface area contributed by atoms with Gasteiger partial charge >= 0.3 is 12.0 Å². The van der Waals surface area contributed by atoms with E-state index in [0.29, 0.717) is 10.8 Å². The summed E-state index contributed by atoms with van der Waals surface area (Å²) in [4.78, 5) is 14.5. The smallest absolute Gasteiger partial charge is 0.333 e. The SMILES string of the molecule is CCOC(=O)CN(O)C(=NC#N)Oc1ccccc1. The van der Waals surface area contributed by atoms with E-state index in [2.05, 4.69) is 9.73 Å². The number of rotatable bonds is 4. The molecule has 0 amide bonds. The molecule has 0 spiro atoms. The Morgan fingerprint density at radius 2 is 2.16 bits per heavy atom. The molecule has 0 atom stereocenters. The lowest BCUT2D eigenvalue weighted by atomic mass is 10.3. The van der Waals surface area contributed by atoms with Gasteiger partial charge in [-0.2, -0.15) is 10.3 Å². The second-order valence-electron chi connectivity index (χ2n) is 3.27. The molecule has 0 saturated heterocycles. The first-order valence-electron chi connectivity index (χ1n) is 5.49. The standard InChI is InChI=1S/C12H13N3O4/c1-2-18-11(16)8-15(17)12(14-9-13)19-10-6-4-3-5-7-10/h3-7,17H,2,8H2,1H3. The van der Waals surface area contributed by atoms with E-state index in [1.165, 1.54) is 6.19 Å². The number of amidine groups is 1. The van der Waals surface area contributed by atoms with Crippen molar-refractivity contribution in [3.8, 4) is 11.9 Å². The molecule has 1 aromatic rings. The predicted octanol–water partition coefficient (Wildman–Crippen LogP) is 1.16. The number of ether oxygens (including phenoxy) is 2. The molecule has 1 aromatic carbocycles.